The van der Waals surface area contributed by atoms with Gasteiger partial charge in [-0.25, -0.2) is 24.0 Å². The van der Waals surface area contributed by atoms with E-state index in [1.54, 1.807) is 121 Å². The molecule has 20 heteroatoms. The van der Waals surface area contributed by atoms with Crippen LogP contribution >= 0.6 is 63.1 Å². The van der Waals surface area contributed by atoms with Crippen LogP contribution in [0.3, 0.4) is 0 Å². The molecule has 665 valence electrons. The van der Waals surface area contributed by atoms with Gasteiger partial charge in [0.1, 0.15) is 28.7 Å². The molecule has 0 aliphatic heterocycles. The van der Waals surface area contributed by atoms with E-state index in [9.17, 15) is 24.0 Å². The van der Waals surface area contributed by atoms with Crippen LogP contribution < -0.4 is 23.7 Å². The minimum absolute atomic E-state index is 0. The number of carbonyl (C=O) groups excluding carboxylic acids is 5. The molecule has 0 spiro atoms. The molecule has 10 aromatic rings. The molecule has 0 bridgehead atoms. The highest BCUT2D eigenvalue weighted by Gasteiger charge is 2.28. The molecular formula is C105H120F5O10S5. The van der Waals surface area contributed by atoms with E-state index in [1.165, 1.54) is 188 Å². The van der Waals surface area contributed by atoms with Crippen molar-refractivity contribution in [1.29, 1.82) is 0 Å². The lowest BCUT2D eigenvalue weighted by Crippen LogP contribution is -2.13. The van der Waals surface area contributed by atoms with Crippen LogP contribution in [0.25, 0.3) is 0 Å². The normalized spacial score (nSPS) is 19.7. The molecule has 5 aliphatic carbocycles. The summed E-state index contributed by atoms with van der Waals surface area (Å²) in [6, 6.07) is 74.4. The first-order valence-corrected chi connectivity index (χ1v) is 45.8. The maximum absolute atomic E-state index is 12.2. The molecule has 0 saturated heterocycles. The van der Waals surface area contributed by atoms with E-state index in [4.69, 9.17) is 86.8 Å². The fourth-order valence-electron chi connectivity index (χ4n) is 17.3. The Balaban J connectivity index is 0.000000239. The Hall–Kier alpha value is -9.70. The first kappa shape index (κ1) is 104. The molecule has 5 fully saturated rings. The first-order valence-electron chi connectivity index (χ1n) is 43.7. The summed E-state index contributed by atoms with van der Waals surface area (Å²) in [5.74, 6) is 8.67. The Morgan fingerprint density at radius 3 is 0.432 bits per heavy atom. The highest BCUT2D eigenvalue weighted by molar-refractivity contribution is 7.81. The number of rotatable bonds is 20. The first-order chi connectivity index (χ1) is 58.3. The van der Waals surface area contributed by atoms with Crippen LogP contribution in [0.15, 0.2) is 267 Å². The van der Waals surface area contributed by atoms with E-state index in [1.807, 2.05) is 60.7 Å². The molecule has 15 rings (SSSR count). The third-order valence-corrected chi connectivity index (χ3v) is 26.7. The number of hydrogen-bond donors (Lipinski definition) is 0. The van der Waals surface area contributed by atoms with Crippen molar-refractivity contribution in [3.05, 3.63) is 298 Å². The molecule has 0 unspecified atom stereocenters. The SMILES string of the molecule is CC[C@H]1CC[C@H](c2ccc(C(=O)Oc3ccc([S])cc3)cc2)CC1.CC[C@H]1CC[C@H](c2ccc(C(=O)Oc3ccc([S])cc3)cc2)CC1.CC[C@H]1CC[C@H](c2ccc(C(=O)Oc3ccc([S])cc3)cc2)CC1.CC[C@H]1CC[C@H](c2ccc(C(=O)Oc3ccc([S])cc3)cc2)CC1.CC[C@H]1CC[C@H](c2ccc(C(=O)Oc3ccc([S])cc3)cc2)CC1.F.F.F.F.F. The van der Waals surface area contributed by atoms with Crippen LogP contribution in [0, 0.1) is 29.6 Å². The molecule has 0 heterocycles. The highest BCUT2D eigenvalue weighted by Crippen LogP contribution is 2.43. The number of ether oxygens (including phenoxy) is 5. The van der Waals surface area contributed by atoms with Crippen LogP contribution in [0.5, 0.6) is 28.7 Å². The van der Waals surface area contributed by atoms with Gasteiger partial charge in [0.2, 0.25) is 0 Å². The molecule has 10 nitrogen and oxygen atoms in total. The molecule has 5 radical (unpaired) electrons. The Kier molecular flexibility index (Phi) is 44.7. The minimum atomic E-state index is -0.326. The van der Waals surface area contributed by atoms with Crippen molar-refractivity contribution >= 4 is 93.0 Å². The highest BCUT2D eigenvalue weighted by atomic mass is 32.1. The number of esters is 5. The standard InChI is InChI=1S/5C21H23O2S.5FH/c5*1-2-15-3-5-16(6-4-15)17-7-9-18(10-8-17)21(22)23-19-11-13-20(24)14-12-19;;;;;/h5*7-16H,2-6H2,1H3;5*1H/t5*15-,16-;;;;;. The second-order valence-electron chi connectivity index (χ2n) is 33.0. The van der Waals surface area contributed by atoms with Gasteiger partial charge in [-0.1, -0.05) is 191 Å². The molecular weight excluding hydrogens is 1680 g/mol. The van der Waals surface area contributed by atoms with Gasteiger partial charge in [-0.2, -0.15) is 0 Å². The summed E-state index contributed by atoms with van der Waals surface area (Å²) in [5.41, 5.74) is 9.65. The third kappa shape index (κ3) is 32.6. The van der Waals surface area contributed by atoms with Gasteiger partial charge in [0.25, 0.3) is 0 Å². The van der Waals surface area contributed by atoms with Gasteiger partial charge in [0.15, 0.2) is 0 Å². The second-order valence-corrected chi connectivity index (χ2v) is 35.4. The lowest BCUT2D eigenvalue weighted by atomic mass is 9.78. The smallest absolute Gasteiger partial charge is 0.343 e. The number of hydrogen-bond acceptors (Lipinski definition) is 10. The van der Waals surface area contributed by atoms with Gasteiger partial charge in [0, 0.05) is 24.5 Å². The van der Waals surface area contributed by atoms with Crippen LogP contribution in [0.1, 0.15) is 304 Å². The summed E-state index contributed by atoms with van der Waals surface area (Å²) in [6.45, 7) is 11.4. The maximum atomic E-state index is 12.2. The van der Waals surface area contributed by atoms with E-state index in [-0.39, 0.29) is 53.4 Å². The summed E-state index contributed by atoms with van der Waals surface area (Å²) in [7, 11) is 0. The van der Waals surface area contributed by atoms with Crippen LogP contribution in [0.4, 0.5) is 23.5 Å². The topological polar surface area (TPSA) is 132 Å². The molecule has 0 amide bonds. The van der Waals surface area contributed by atoms with E-state index >= 15 is 0 Å². The van der Waals surface area contributed by atoms with E-state index < -0.39 is 0 Å². The van der Waals surface area contributed by atoms with Crippen molar-refractivity contribution in [3.8, 4) is 28.7 Å². The average molecular weight is 1800 g/mol. The minimum Gasteiger partial charge on any atom is -0.423 e. The van der Waals surface area contributed by atoms with Crippen LogP contribution in [-0.4, -0.2) is 29.8 Å². The van der Waals surface area contributed by atoms with Gasteiger partial charge >= 0.3 is 29.8 Å². The van der Waals surface area contributed by atoms with Gasteiger partial charge < -0.3 is 23.7 Å². The molecule has 0 N–H and O–H groups in total. The number of carbonyl (C=O) groups is 5. The van der Waals surface area contributed by atoms with Crippen LogP contribution in [-0.2, 0) is 0 Å². The quantitative estimate of drug-likeness (QED) is 0.0413. The van der Waals surface area contributed by atoms with E-state index in [0.29, 0.717) is 86.2 Å². The van der Waals surface area contributed by atoms with E-state index in [0.717, 1.165) is 54.1 Å². The van der Waals surface area contributed by atoms with Crippen molar-refractivity contribution in [3.63, 3.8) is 0 Å². The van der Waals surface area contributed by atoms with Gasteiger partial charge in [-0.05, 0) is 397 Å². The summed E-state index contributed by atoms with van der Waals surface area (Å²) >= 11 is 25.1. The molecule has 10 aromatic carbocycles. The largest absolute Gasteiger partial charge is 0.423 e. The Labute approximate surface area is 764 Å². The fourth-order valence-corrected chi connectivity index (χ4v) is 18.0. The molecule has 5 saturated carbocycles. The Morgan fingerprint density at radius 1 is 0.200 bits per heavy atom. The molecule has 125 heavy (non-hydrogen) atoms. The zero-order chi connectivity index (χ0) is 84.7. The summed E-state index contributed by atoms with van der Waals surface area (Å²) in [4.78, 5) is 64.8. The second kappa shape index (κ2) is 53.7. The van der Waals surface area contributed by atoms with Crippen molar-refractivity contribution in [1.82, 2.24) is 0 Å². The fraction of sp³-hybridized carbons (Fsp3) is 0.381. The van der Waals surface area contributed by atoms with Crippen molar-refractivity contribution in [2.75, 3.05) is 0 Å². The van der Waals surface area contributed by atoms with Gasteiger partial charge in [0.05, 0.1) is 27.8 Å². The van der Waals surface area contributed by atoms with E-state index in [2.05, 4.69) is 95.3 Å². The van der Waals surface area contributed by atoms with Gasteiger partial charge in [-0.3, -0.25) is 23.5 Å². The summed E-state index contributed by atoms with van der Waals surface area (Å²) < 4.78 is 26.9. The summed E-state index contributed by atoms with van der Waals surface area (Å²) in [5, 5.41) is 0. The zero-order valence-corrected chi connectivity index (χ0v) is 76.3. The zero-order valence-electron chi connectivity index (χ0n) is 72.2. The van der Waals surface area contributed by atoms with Crippen molar-refractivity contribution < 1.29 is 71.2 Å². The molecule has 0 aromatic heterocycles. The third-order valence-electron chi connectivity index (χ3n) is 25.4. The molecule has 5 aliphatic rings. The number of halogens is 5. The predicted molar refractivity (Wildman–Crippen MR) is 506 cm³/mol. The number of benzene rings is 10. The van der Waals surface area contributed by atoms with Gasteiger partial charge in [-0.15, -0.1) is 0 Å². The lowest BCUT2D eigenvalue weighted by molar-refractivity contribution is 0.0725. The van der Waals surface area contributed by atoms with Crippen molar-refractivity contribution in [2.24, 2.45) is 29.6 Å². The Morgan fingerprint density at radius 2 is 0.320 bits per heavy atom. The molecule has 0 atom stereocenters. The van der Waals surface area contributed by atoms with Crippen molar-refractivity contribution in [2.45, 2.75) is 249 Å². The van der Waals surface area contributed by atoms with Crippen LogP contribution in [0.2, 0.25) is 0 Å². The maximum Gasteiger partial charge on any atom is 0.343 e. The predicted octanol–water partition coefficient (Wildman–Crippen LogP) is 31.5. The Bertz CT molecular complexity index is 4080. The average Bonchev–Trinajstić information content (AvgIpc) is 0.855. The lowest BCUT2D eigenvalue weighted by Gasteiger charge is -2.28. The summed E-state index contributed by atoms with van der Waals surface area (Å²) in [6.07, 6.45) is 32.3. The monoisotopic (exact) mass is 1800 g/mol.